The molecule has 11 aromatic rings. The summed E-state index contributed by atoms with van der Waals surface area (Å²) in [5.74, 6) is 0. The van der Waals surface area contributed by atoms with Gasteiger partial charge in [-0.15, -0.1) is 0 Å². The summed E-state index contributed by atoms with van der Waals surface area (Å²) in [4.78, 5) is 0. The van der Waals surface area contributed by atoms with Crippen molar-refractivity contribution >= 4 is 33.2 Å². The molecule has 1 aliphatic rings. The summed E-state index contributed by atoms with van der Waals surface area (Å²) in [5.41, 5.74) is 19.9. The fraction of sp³-hybridized carbons (Fsp3) is 0.0164. The molecule has 12 rings (SSSR count). The Bertz CT molecular complexity index is 3400. The van der Waals surface area contributed by atoms with Crippen molar-refractivity contribution in [3.63, 3.8) is 0 Å². The van der Waals surface area contributed by atoms with E-state index < -0.39 is 5.41 Å². The lowest BCUT2D eigenvalue weighted by molar-refractivity contribution is 0.772. The first-order valence-electron chi connectivity index (χ1n) is 21.8. The van der Waals surface area contributed by atoms with Gasteiger partial charge in [0.2, 0.25) is 0 Å². The standard InChI is InChI=1S/C61H42N2/c1-5-18-42(19-6-1)43-32-35-50(36-33-43)63-58-39-34-45(44-20-17-21-46(40-44)51-28-14-16-31-57(51)62-49-26-11-4-12-27-49)41-55(58)54-38-37-53-52-29-13-15-30-56(52)61(59(53)60(54)63,47-22-7-2-8-23-47)48-24-9-3-10-25-48/h1-41,62H. The zero-order chi connectivity index (χ0) is 41.7. The minimum atomic E-state index is -0.567. The van der Waals surface area contributed by atoms with Crippen molar-refractivity contribution in [1.82, 2.24) is 4.57 Å². The molecule has 63 heavy (non-hydrogen) atoms. The van der Waals surface area contributed by atoms with Crippen LogP contribution in [0.5, 0.6) is 0 Å². The number of rotatable bonds is 8. The molecule has 0 spiro atoms. The Labute approximate surface area is 368 Å². The smallest absolute Gasteiger partial charge is 0.0734 e. The first-order valence-corrected chi connectivity index (χ1v) is 21.8. The molecule has 0 saturated carbocycles. The molecule has 1 aromatic heterocycles. The molecule has 0 radical (unpaired) electrons. The van der Waals surface area contributed by atoms with Crippen LogP contribution in [0.25, 0.3) is 72.0 Å². The Morgan fingerprint density at radius 3 is 1.63 bits per heavy atom. The summed E-state index contributed by atoms with van der Waals surface area (Å²) in [5, 5.41) is 6.11. The zero-order valence-corrected chi connectivity index (χ0v) is 34.6. The molecule has 0 unspecified atom stereocenters. The number of benzene rings is 10. The average Bonchev–Trinajstić information content (AvgIpc) is 3.86. The largest absolute Gasteiger partial charge is 0.355 e. The second-order valence-corrected chi connectivity index (χ2v) is 16.5. The highest BCUT2D eigenvalue weighted by Gasteiger charge is 2.48. The van der Waals surface area contributed by atoms with E-state index >= 15 is 0 Å². The lowest BCUT2D eigenvalue weighted by Gasteiger charge is -2.34. The first kappa shape index (κ1) is 36.6. The van der Waals surface area contributed by atoms with Gasteiger partial charge in [-0.25, -0.2) is 0 Å². The van der Waals surface area contributed by atoms with Gasteiger partial charge in [0.25, 0.3) is 0 Å². The van der Waals surface area contributed by atoms with Crippen molar-refractivity contribution in [3.8, 4) is 50.2 Å². The normalized spacial score (nSPS) is 12.6. The van der Waals surface area contributed by atoms with Crippen LogP contribution in [0, 0.1) is 0 Å². The van der Waals surface area contributed by atoms with Gasteiger partial charge in [-0.05, 0) is 104 Å². The topological polar surface area (TPSA) is 17.0 Å². The summed E-state index contributed by atoms with van der Waals surface area (Å²) in [6.45, 7) is 0. The summed E-state index contributed by atoms with van der Waals surface area (Å²) in [6.07, 6.45) is 0. The van der Waals surface area contributed by atoms with Crippen LogP contribution in [0.1, 0.15) is 22.3 Å². The Morgan fingerprint density at radius 1 is 0.349 bits per heavy atom. The van der Waals surface area contributed by atoms with E-state index in [2.05, 4.69) is 253 Å². The number of nitrogens with zero attached hydrogens (tertiary/aromatic N) is 1. The molecule has 2 nitrogen and oxygen atoms in total. The fourth-order valence-corrected chi connectivity index (χ4v) is 10.3. The number of hydrogen-bond acceptors (Lipinski definition) is 1. The second-order valence-electron chi connectivity index (χ2n) is 16.5. The molecule has 1 N–H and O–H groups in total. The summed E-state index contributed by atoms with van der Waals surface area (Å²) in [6, 6.07) is 90.9. The highest BCUT2D eigenvalue weighted by Crippen LogP contribution is 2.59. The van der Waals surface area contributed by atoms with E-state index in [-0.39, 0.29) is 0 Å². The third-order valence-corrected chi connectivity index (χ3v) is 13.1. The van der Waals surface area contributed by atoms with Crippen LogP contribution in [0.3, 0.4) is 0 Å². The molecular weight excluding hydrogens is 761 g/mol. The molecule has 0 atom stereocenters. The van der Waals surface area contributed by atoms with E-state index in [4.69, 9.17) is 0 Å². The number of aromatic nitrogens is 1. The van der Waals surface area contributed by atoms with Crippen LogP contribution in [-0.4, -0.2) is 4.57 Å². The Kier molecular flexibility index (Phi) is 8.76. The van der Waals surface area contributed by atoms with Gasteiger partial charge in [0.15, 0.2) is 0 Å². The molecule has 0 amide bonds. The molecule has 10 aromatic carbocycles. The Balaban J connectivity index is 1.11. The molecule has 2 heteroatoms. The van der Waals surface area contributed by atoms with Crippen LogP contribution in [-0.2, 0) is 5.41 Å². The van der Waals surface area contributed by atoms with Crippen LogP contribution in [0.4, 0.5) is 11.4 Å². The number of nitrogens with one attached hydrogen (secondary N) is 1. The number of fused-ring (bicyclic) bond motifs is 7. The lowest BCUT2D eigenvalue weighted by Crippen LogP contribution is -2.29. The van der Waals surface area contributed by atoms with E-state index in [0.717, 1.165) is 22.6 Å². The predicted molar refractivity (Wildman–Crippen MR) is 264 cm³/mol. The molecular formula is C61H42N2. The maximum atomic E-state index is 3.66. The van der Waals surface area contributed by atoms with Crippen molar-refractivity contribution in [2.75, 3.05) is 5.32 Å². The predicted octanol–water partition coefficient (Wildman–Crippen LogP) is 15.9. The van der Waals surface area contributed by atoms with Crippen LogP contribution in [0.2, 0.25) is 0 Å². The van der Waals surface area contributed by atoms with Crippen LogP contribution >= 0.6 is 0 Å². The fourth-order valence-electron chi connectivity index (χ4n) is 10.3. The Hall–Kier alpha value is -8.20. The first-order chi connectivity index (χ1) is 31.3. The molecule has 1 heterocycles. The number of anilines is 2. The minimum Gasteiger partial charge on any atom is -0.355 e. The number of para-hydroxylation sites is 2. The number of hydrogen-bond donors (Lipinski definition) is 1. The average molecular weight is 803 g/mol. The molecule has 0 aliphatic heterocycles. The van der Waals surface area contributed by atoms with Gasteiger partial charge in [-0.2, -0.15) is 0 Å². The third-order valence-electron chi connectivity index (χ3n) is 13.1. The zero-order valence-electron chi connectivity index (χ0n) is 34.6. The second kappa shape index (κ2) is 15.1. The molecule has 296 valence electrons. The van der Waals surface area contributed by atoms with E-state index in [1.54, 1.807) is 0 Å². The quantitative estimate of drug-likeness (QED) is 0.162. The SMILES string of the molecule is c1ccc(Nc2ccccc2-c2cccc(-c3ccc4c(c3)c3ccc5c(c3n4-c3ccc(-c4ccccc4)cc3)C(c3ccccc3)(c3ccccc3)c3ccccc3-5)c2)cc1. The van der Waals surface area contributed by atoms with Crippen molar-refractivity contribution in [3.05, 3.63) is 271 Å². The van der Waals surface area contributed by atoms with Gasteiger partial charge >= 0.3 is 0 Å². The maximum absolute atomic E-state index is 3.66. The van der Waals surface area contributed by atoms with Gasteiger partial charge in [0, 0.05) is 39.0 Å². The van der Waals surface area contributed by atoms with Crippen molar-refractivity contribution in [2.45, 2.75) is 5.41 Å². The Morgan fingerprint density at radius 2 is 0.905 bits per heavy atom. The molecule has 0 saturated heterocycles. The van der Waals surface area contributed by atoms with Gasteiger partial charge in [0.1, 0.15) is 0 Å². The highest BCUT2D eigenvalue weighted by molar-refractivity contribution is 6.15. The van der Waals surface area contributed by atoms with Crippen LogP contribution < -0.4 is 5.32 Å². The van der Waals surface area contributed by atoms with E-state index in [9.17, 15) is 0 Å². The van der Waals surface area contributed by atoms with Crippen molar-refractivity contribution in [2.24, 2.45) is 0 Å². The monoisotopic (exact) mass is 802 g/mol. The summed E-state index contributed by atoms with van der Waals surface area (Å²) in [7, 11) is 0. The van der Waals surface area contributed by atoms with Crippen molar-refractivity contribution in [1.29, 1.82) is 0 Å². The van der Waals surface area contributed by atoms with Gasteiger partial charge in [0.05, 0.1) is 16.4 Å². The maximum Gasteiger partial charge on any atom is 0.0734 e. The molecule has 1 aliphatic carbocycles. The van der Waals surface area contributed by atoms with Gasteiger partial charge in [-0.1, -0.05) is 200 Å². The summed E-state index contributed by atoms with van der Waals surface area (Å²) >= 11 is 0. The van der Waals surface area contributed by atoms with Gasteiger partial charge in [-0.3, -0.25) is 0 Å². The highest BCUT2D eigenvalue weighted by atomic mass is 15.0. The lowest BCUT2D eigenvalue weighted by atomic mass is 9.67. The molecule has 0 bridgehead atoms. The van der Waals surface area contributed by atoms with Gasteiger partial charge < -0.3 is 9.88 Å². The van der Waals surface area contributed by atoms with Crippen molar-refractivity contribution < 1.29 is 0 Å². The van der Waals surface area contributed by atoms with E-state index in [1.807, 2.05) is 6.07 Å². The molecule has 0 fully saturated rings. The van der Waals surface area contributed by atoms with Crippen LogP contribution in [0.15, 0.2) is 249 Å². The van der Waals surface area contributed by atoms with E-state index in [0.29, 0.717) is 0 Å². The van der Waals surface area contributed by atoms with E-state index in [1.165, 1.54) is 83.0 Å². The third kappa shape index (κ3) is 5.95. The minimum absolute atomic E-state index is 0.567. The summed E-state index contributed by atoms with van der Waals surface area (Å²) < 4.78 is 2.54.